The lowest BCUT2D eigenvalue weighted by Gasteiger charge is -2.25. The Labute approximate surface area is 65.8 Å². The van der Waals surface area contributed by atoms with Gasteiger partial charge in [-0.25, -0.2) is 4.39 Å². The lowest BCUT2D eigenvalue weighted by Crippen LogP contribution is -2.44. The monoisotopic (exact) mass is 163 g/mol. The van der Waals surface area contributed by atoms with E-state index < -0.39 is 12.3 Å². The van der Waals surface area contributed by atoms with Gasteiger partial charge >= 0.3 is 0 Å². The average molecular weight is 163 g/mol. The van der Waals surface area contributed by atoms with E-state index >= 15 is 0 Å². The lowest BCUT2D eigenvalue weighted by molar-refractivity contribution is -0.0497. The maximum Gasteiger partial charge on any atom is 0.129 e. The second-order valence-corrected chi connectivity index (χ2v) is 3.15. The van der Waals surface area contributed by atoms with E-state index in [1.807, 2.05) is 11.9 Å². The average Bonchev–Trinajstić information content (AvgIpc) is 2.13. The van der Waals surface area contributed by atoms with Gasteiger partial charge in [0, 0.05) is 13.1 Å². The number of halogens is 1. The Bertz CT molecular complexity index is 134. The molecule has 1 aliphatic rings. The molecule has 1 aliphatic heterocycles. The van der Waals surface area contributed by atoms with Crippen LogP contribution in [0.15, 0.2) is 0 Å². The zero-order valence-electron chi connectivity index (χ0n) is 6.72. The van der Waals surface area contributed by atoms with E-state index in [-0.39, 0.29) is 6.61 Å². The Kier molecular flexibility index (Phi) is 2.81. The minimum absolute atomic E-state index is 0.105. The summed E-state index contributed by atoms with van der Waals surface area (Å²) in [7, 11) is 1.84. The molecular weight excluding hydrogens is 149 g/mol. The fraction of sp³-hybridized carbons (Fsp3) is 1.00. The van der Waals surface area contributed by atoms with Crippen LogP contribution in [0.1, 0.15) is 0 Å². The number of alkyl halides is 1. The third-order valence-corrected chi connectivity index (χ3v) is 1.80. The van der Waals surface area contributed by atoms with Crippen molar-refractivity contribution in [1.29, 1.82) is 0 Å². The predicted octanol–water partition coefficient (Wildman–Crippen LogP) is -0.351. The van der Waals surface area contributed by atoms with Gasteiger partial charge in [-0.1, -0.05) is 0 Å². The van der Waals surface area contributed by atoms with Crippen molar-refractivity contribution in [3.05, 3.63) is 0 Å². The molecule has 4 heteroatoms. The van der Waals surface area contributed by atoms with Gasteiger partial charge in [-0.05, 0) is 7.05 Å². The van der Waals surface area contributed by atoms with E-state index in [1.54, 1.807) is 0 Å². The Morgan fingerprint density at radius 1 is 1.73 bits per heavy atom. The smallest absolute Gasteiger partial charge is 0.129 e. The number of likely N-dealkylation sites (N-methyl/N-ethyl adjacent to an activating group) is 1. The first-order valence-electron chi connectivity index (χ1n) is 3.71. The molecule has 0 aromatic heterocycles. The summed E-state index contributed by atoms with van der Waals surface area (Å²) in [4.78, 5) is 1.87. The summed E-state index contributed by atoms with van der Waals surface area (Å²) in [6.07, 6.45) is 0. The predicted molar refractivity (Wildman–Crippen MR) is 39.2 cm³/mol. The molecule has 1 fully saturated rings. The lowest BCUT2D eigenvalue weighted by atomic mass is 10.1. The van der Waals surface area contributed by atoms with E-state index in [4.69, 9.17) is 4.74 Å². The van der Waals surface area contributed by atoms with Gasteiger partial charge in [0.1, 0.15) is 12.3 Å². The van der Waals surface area contributed by atoms with Gasteiger partial charge in [0.15, 0.2) is 0 Å². The van der Waals surface area contributed by atoms with Crippen LogP contribution in [0, 0.1) is 0 Å². The maximum absolute atomic E-state index is 12.3. The molecule has 0 aromatic rings. The molecule has 0 radical (unpaired) electrons. The molecule has 1 saturated heterocycles. The minimum Gasteiger partial charge on any atom is -0.383 e. The van der Waals surface area contributed by atoms with Crippen molar-refractivity contribution in [2.45, 2.75) is 5.60 Å². The summed E-state index contributed by atoms with van der Waals surface area (Å²) >= 11 is 0. The largest absolute Gasteiger partial charge is 0.383 e. The third kappa shape index (κ3) is 2.39. The van der Waals surface area contributed by atoms with Crippen LogP contribution in [-0.4, -0.2) is 55.6 Å². The number of β-amino-alcohol motifs (C(OH)–C–C–N with tert-alkyl or cyclic N) is 1. The second-order valence-electron chi connectivity index (χ2n) is 3.15. The van der Waals surface area contributed by atoms with Crippen molar-refractivity contribution in [2.75, 3.05) is 40.0 Å². The molecular formula is C7H14FNO2. The molecule has 0 saturated carbocycles. The van der Waals surface area contributed by atoms with Crippen LogP contribution in [0.25, 0.3) is 0 Å². The first kappa shape index (κ1) is 8.90. The number of hydrogen-bond acceptors (Lipinski definition) is 3. The Morgan fingerprint density at radius 3 is 3.09 bits per heavy atom. The second kappa shape index (κ2) is 3.47. The van der Waals surface area contributed by atoms with Crippen molar-refractivity contribution in [3.63, 3.8) is 0 Å². The number of hydrogen-bond donors (Lipinski definition) is 1. The van der Waals surface area contributed by atoms with Crippen LogP contribution in [0.3, 0.4) is 0 Å². The molecule has 0 amide bonds. The molecule has 1 N–H and O–H groups in total. The Balaban J connectivity index is 2.51. The van der Waals surface area contributed by atoms with Crippen LogP contribution < -0.4 is 0 Å². The van der Waals surface area contributed by atoms with Crippen LogP contribution in [-0.2, 0) is 4.74 Å². The summed E-state index contributed by atoms with van der Waals surface area (Å²) in [6.45, 7) is 1.04. The maximum atomic E-state index is 12.3. The molecule has 66 valence electrons. The molecule has 1 rings (SSSR count). The van der Waals surface area contributed by atoms with Crippen LogP contribution >= 0.6 is 0 Å². The zero-order chi connectivity index (χ0) is 8.32. The number of aliphatic hydroxyl groups is 1. The van der Waals surface area contributed by atoms with Crippen molar-refractivity contribution in [3.8, 4) is 0 Å². The van der Waals surface area contributed by atoms with Crippen LogP contribution in [0.5, 0.6) is 0 Å². The number of rotatable bonds is 1. The number of nitrogens with zero attached hydrogens (tertiary/aromatic N) is 1. The SMILES string of the molecule is CN1CCOC[C@](O)(CF)C1. The normalized spacial score (nSPS) is 35.2. The fourth-order valence-electron chi connectivity index (χ4n) is 1.19. The van der Waals surface area contributed by atoms with Crippen molar-refractivity contribution >= 4 is 0 Å². The highest BCUT2D eigenvalue weighted by atomic mass is 19.1. The van der Waals surface area contributed by atoms with E-state index in [0.29, 0.717) is 13.2 Å². The quantitative estimate of drug-likeness (QED) is 0.573. The van der Waals surface area contributed by atoms with Gasteiger partial charge in [0.05, 0.1) is 13.2 Å². The van der Waals surface area contributed by atoms with E-state index in [0.717, 1.165) is 6.54 Å². The number of ether oxygens (including phenoxy) is 1. The molecule has 0 bridgehead atoms. The van der Waals surface area contributed by atoms with Crippen molar-refractivity contribution in [1.82, 2.24) is 4.90 Å². The Morgan fingerprint density at radius 2 is 2.45 bits per heavy atom. The molecule has 0 unspecified atom stereocenters. The first-order valence-corrected chi connectivity index (χ1v) is 3.71. The van der Waals surface area contributed by atoms with Gasteiger partial charge in [-0.3, -0.25) is 0 Å². The topological polar surface area (TPSA) is 32.7 Å². The van der Waals surface area contributed by atoms with Gasteiger partial charge in [0.2, 0.25) is 0 Å². The highest BCUT2D eigenvalue weighted by molar-refractivity contribution is 4.82. The highest BCUT2D eigenvalue weighted by Gasteiger charge is 2.30. The standard InChI is InChI=1S/C7H14FNO2/c1-9-2-3-11-6-7(10,4-8)5-9/h10H,2-6H2,1H3/t7-/m0/s1. The fourth-order valence-corrected chi connectivity index (χ4v) is 1.19. The first-order chi connectivity index (χ1) is 5.16. The molecule has 0 aromatic carbocycles. The molecule has 11 heavy (non-hydrogen) atoms. The van der Waals surface area contributed by atoms with Gasteiger partial charge < -0.3 is 14.7 Å². The van der Waals surface area contributed by atoms with E-state index in [9.17, 15) is 9.50 Å². The summed E-state index contributed by atoms with van der Waals surface area (Å²) in [5.74, 6) is 0. The van der Waals surface area contributed by atoms with Crippen LogP contribution in [0.2, 0.25) is 0 Å². The minimum atomic E-state index is -1.29. The summed E-state index contributed by atoms with van der Waals surface area (Å²) in [5.41, 5.74) is -1.29. The van der Waals surface area contributed by atoms with Crippen LogP contribution in [0.4, 0.5) is 4.39 Å². The molecule has 3 nitrogen and oxygen atoms in total. The van der Waals surface area contributed by atoms with E-state index in [1.165, 1.54) is 0 Å². The summed E-state index contributed by atoms with van der Waals surface area (Å²) < 4.78 is 17.3. The van der Waals surface area contributed by atoms with Gasteiger partial charge in [0.25, 0.3) is 0 Å². The Hall–Kier alpha value is -0.190. The third-order valence-electron chi connectivity index (χ3n) is 1.80. The summed E-state index contributed by atoms with van der Waals surface area (Å²) in [6, 6.07) is 0. The van der Waals surface area contributed by atoms with Crippen molar-refractivity contribution < 1.29 is 14.2 Å². The molecule has 0 spiro atoms. The van der Waals surface area contributed by atoms with Gasteiger partial charge in [-0.15, -0.1) is 0 Å². The highest BCUT2D eigenvalue weighted by Crippen LogP contribution is 2.11. The zero-order valence-corrected chi connectivity index (χ0v) is 6.72. The molecule has 1 heterocycles. The van der Waals surface area contributed by atoms with Crippen molar-refractivity contribution in [2.24, 2.45) is 0 Å². The van der Waals surface area contributed by atoms with Gasteiger partial charge in [-0.2, -0.15) is 0 Å². The molecule has 0 aliphatic carbocycles. The summed E-state index contributed by atoms with van der Waals surface area (Å²) in [5, 5.41) is 9.49. The molecule has 1 atom stereocenters. The van der Waals surface area contributed by atoms with E-state index in [2.05, 4.69) is 0 Å².